The van der Waals surface area contributed by atoms with Crippen molar-refractivity contribution in [1.82, 2.24) is 14.8 Å². The smallest absolute Gasteiger partial charge is 0.411 e. The molecule has 0 spiro atoms. The lowest BCUT2D eigenvalue weighted by molar-refractivity contribution is 0.0630. The van der Waals surface area contributed by atoms with Crippen molar-refractivity contribution >= 4 is 27.9 Å². The van der Waals surface area contributed by atoms with Gasteiger partial charge in [-0.3, -0.25) is 9.69 Å². The molecule has 7 heteroatoms. The van der Waals surface area contributed by atoms with Crippen LogP contribution in [0, 0.1) is 0 Å². The average Bonchev–Trinajstić information content (AvgIpc) is 3.22. The molecule has 0 unspecified atom stereocenters. The zero-order valence-electron chi connectivity index (χ0n) is 15.3. The third-order valence-electron chi connectivity index (χ3n) is 5.99. The van der Waals surface area contributed by atoms with E-state index in [4.69, 9.17) is 4.74 Å². The Balaban J connectivity index is 1.30. The quantitative estimate of drug-likeness (QED) is 0.668. The molecule has 2 saturated heterocycles. The number of ether oxygens (including phenoxy) is 1. The molecule has 3 heterocycles. The summed E-state index contributed by atoms with van der Waals surface area (Å²) < 4.78 is 6.33. The van der Waals surface area contributed by atoms with E-state index in [1.54, 1.807) is 12.1 Å². The van der Waals surface area contributed by atoms with Crippen molar-refractivity contribution in [1.29, 1.82) is 0 Å². The Kier molecular flexibility index (Phi) is 4.34. The lowest BCUT2D eigenvalue weighted by atomic mass is 9.99. The molecule has 2 fully saturated rings. The molecule has 0 radical (unpaired) electrons. The maximum atomic E-state index is 12.7. The molecule has 3 aliphatic rings. The van der Waals surface area contributed by atoms with Gasteiger partial charge in [-0.15, -0.1) is 0 Å². The molecule has 1 aromatic carbocycles. The summed E-state index contributed by atoms with van der Waals surface area (Å²) in [4.78, 5) is 33.3. The van der Waals surface area contributed by atoms with Crippen molar-refractivity contribution in [2.75, 3.05) is 13.1 Å². The van der Waals surface area contributed by atoms with E-state index in [0.717, 1.165) is 19.3 Å². The van der Waals surface area contributed by atoms with Crippen LogP contribution in [0.2, 0.25) is 0 Å². The molecule has 5 rings (SSSR count). The van der Waals surface area contributed by atoms with Gasteiger partial charge in [0.05, 0.1) is 6.04 Å². The molecule has 0 N–H and O–H groups in total. The predicted octanol–water partition coefficient (Wildman–Crippen LogP) is 3.57. The Bertz CT molecular complexity index is 942. The fourth-order valence-corrected chi connectivity index (χ4v) is 5.03. The van der Waals surface area contributed by atoms with Gasteiger partial charge in [-0.2, -0.15) is 0 Å². The third kappa shape index (κ3) is 2.89. The number of hydrogen-bond donors (Lipinski definition) is 0. The van der Waals surface area contributed by atoms with Crippen LogP contribution < -0.4 is 0 Å². The van der Waals surface area contributed by atoms with Crippen molar-refractivity contribution in [3.63, 3.8) is 0 Å². The van der Waals surface area contributed by atoms with E-state index >= 15 is 0 Å². The minimum absolute atomic E-state index is 0.00250. The summed E-state index contributed by atoms with van der Waals surface area (Å²) >= 11 is 3.31. The number of piperidine rings is 1. The molecule has 1 aromatic heterocycles. The fraction of sp³-hybridized carbons (Fsp3) is 0.381. The lowest BCUT2D eigenvalue weighted by Gasteiger charge is -2.37. The zero-order chi connectivity index (χ0) is 19.3. The Morgan fingerprint density at radius 1 is 1.11 bits per heavy atom. The molecule has 2 aliphatic heterocycles. The normalized spacial score (nSPS) is 24.1. The van der Waals surface area contributed by atoms with Gasteiger partial charge in [0.25, 0.3) is 5.91 Å². The highest BCUT2D eigenvalue weighted by molar-refractivity contribution is 9.10. The molecule has 1 aliphatic carbocycles. The van der Waals surface area contributed by atoms with Gasteiger partial charge in [-0.05, 0) is 52.0 Å². The van der Waals surface area contributed by atoms with E-state index < -0.39 is 0 Å². The van der Waals surface area contributed by atoms with Crippen LogP contribution >= 0.6 is 15.9 Å². The molecular weight excluding hydrogens is 422 g/mol. The average molecular weight is 442 g/mol. The number of hydrogen-bond acceptors (Lipinski definition) is 4. The van der Waals surface area contributed by atoms with E-state index in [1.807, 2.05) is 28.0 Å². The molecule has 0 saturated carbocycles. The van der Waals surface area contributed by atoms with Crippen LogP contribution in [-0.2, 0) is 11.2 Å². The first-order chi connectivity index (χ1) is 13.6. The highest BCUT2D eigenvalue weighted by Gasteiger charge is 2.50. The van der Waals surface area contributed by atoms with Gasteiger partial charge in [0.2, 0.25) is 0 Å². The first-order valence-electron chi connectivity index (χ1n) is 9.60. The minimum Gasteiger partial charge on any atom is -0.443 e. The molecule has 2 amide bonds. The highest BCUT2D eigenvalue weighted by atomic mass is 79.9. The minimum atomic E-state index is -0.220. The maximum Gasteiger partial charge on any atom is 0.411 e. The van der Waals surface area contributed by atoms with Crippen molar-refractivity contribution in [3.05, 3.63) is 63.9 Å². The van der Waals surface area contributed by atoms with Crippen molar-refractivity contribution in [2.24, 2.45) is 0 Å². The topological polar surface area (TPSA) is 62.7 Å². The highest BCUT2D eigenvalue weighted by Crippen LogP contribution is 2.44. The summed E-state index contributed by atoms with van der Waals surface area (Å²) in [5, 5.41) is 0. The van der Waals surface area contributed by atoms with Crippen molar-refractivity contribution < 1.29 is 14.3 Å². The summed E-state index contributed by atoms with van der Waals surface area (Å²) in [6.07, 6.45) is 1.98. The largest absolute Gasteiger partial charge is 0.443 e. The number of aromatic nitrogens is 1. The summed E-state index contributed by atoms with van der Waals surface area (Å²) in [5.74, 6) is -0.0622. The standard InChI is InChI=1S/C21H20BrN3O3/c22-18-7-3-6-16(23-18)20(26)24-10-8-14(9-11-24)25-19-15-5-2-1-4-13(15)12-17(19)28-21(25)27/h1-7,14,17,19H,8-12H2/t17-,19+/m0/s1. The molecular formula is C21H20BrN3O3. The molecule has 0 bridgehead atoms. The van der Waals surface area contributed by atoms with E-state index in [9.17, 15) is 9.59 Å². The fourth-order valence-electron chi connectivity index (χ4n) is 4.69. The Morgan fingerprint density at radius 3 is 2.68 bits per heavy atom. The first kappa shape index (κ1) is 17.7. The van der Waals surface area contributed by atoms with E-state index in [0.29, 0.717) is 23.4 Å². The Morgan fingerprint density at radius 2 is 1.89 bits per heavy atom. The van der Waals surface area contributed by atoms with Crippen LogP contribution in [0.1, 0.15) is 40.5 Å². The maximum absolute atomic E-state index is 12.7. The van der Waals surface area contributed by atoms with Gasteiger partial charge in [0.15, 0.2) is 0 Å². The van der Waals surface area contributed by atoms with Crippen LogP contribution in [0.3, 0.4) is 0 Å². The third-order valence-corrected chi connectivity index (χ3v) is 6.43. The number of carbonyl (C=O) groups excluding carboxylic acids is 2. The number of fused-ring (bicyclic) bond motifs is 3. The Labute approximate surface area is 171 Å². The number of nitrogens with zero attached hydrogens (tertiary/aromatic N) is 3. The van der Waals surface area contributed by atoms with Gasteiger partial charge in [0, 0.05) is 25.6 Å². The number of rotatable bonds is 2. The van der Waals surface area contributed by atoms with Gasteiger partial charge in [0.1, 0.15) is 16.4 Å². The number of carbonyl (C=O) groups is 2. The monoisotopic (exact) mass is 441 g/mol. The van der Waals surface area contributed by atoms with Crippen LogP contribution in [0.4, 0.5) is 4.79 Å². The predicted molar refractivity (Wildman–Crippen MR) is 106 cm³/mol. The van der Waals surface area contributed by atoms with Crippen LogP contribution in [0.15, 0.2) is 47.1 Å². The van der Waals surface area contributed by atoms with Crippen molar-refractivity contribution in [2.45, 2.75) is 37.5 Å². The van der Waals surface area contributed by atoms with E-state index in [1.165, 1.54) is 11.1 Å². The Hall–Kier alpha value is -2.41. The number of likely N-dealkylation sites (tertiary alicyclic amines) is 1. The van der Waals surface area contributed by atoms with E-state index in [-0.39, 0.29) is 30.2 Å². The first-order valence-corrected chi connectivity index (χ1v) is 10.4. The van der Waals surface area contributed by atoms with Gasteiger partial charge in [-0.25, -0.2) is 9.78 Å². The second-order valence-electron chi connectivity index (χ2n) is 7.55. The van der Waals surface area contributed by atoms with Crippen LogP contribution in [0.5, 0.6) is 0 Å². The zero-order valence-corrected chi connectivity index (χ0v) is 16.8. The molecule has 28 heavy (non-hydrogen) atoms. The number of benzene rings is 1. The second-order valence-corrected chi connectivity index (χ2v) is 8.36. The number of halogens is 1. The second kappa shape index (κ2) is 6.88. The summed E-state index contributed by atoms with van der Waals surface area (Å²) in [7, 11) is 0. The molecule has 2 atom stereocenters. The lowest BCUT2D eigenvalue weighted by Crippen LogP contribution is -2.48. The summed E-state index contributed by atoms with van der Waals surface area (Å²) in [6.45, 7) is 1.22. The summed E-state index contributed by atoms with van der Waals surface area (Å²) in [5.41, 5.74) is 2.91. The van der Waals surface area contributed by atoms with Crippen LogP contribution in [-0.4, -0.2) is 52.0 Å². The van der Waals surface area contributed by atoms with Gasteiger partial charge in [-0.1, -0.05) is 30.3 Å². The van der Waals surface area contributed by atoms with Crippen LogP contribution in [0.25, 0.3) is 0 Å². The molecule has 6 nitrogen and oxygen atoms in total. The SMILES string of the molecule is O=C(c1cccc(Br)n1)N1CCC(N2C(=O)O[C@H]3Cc4ccccc4[C@H]32)CC1. The summed E-state index contributed by atoms with van der Waals surface area (Å²) in [6, 6.07) is 13.7. The molecule has 144 valence electrons. The van der Waals surface area contributed by atoms with Crippen molar-refractivity contribution in [3.8, 4) is 0 Å². The number of amides is 2. The van der Waals surface area contributed by atoms with Gasteiger partial charge >= 0.3 is 6.09 Å². The van der Waals surface area contributed by atoms with Gasteiger partial charge < -0.3 is 9.64 Å². The van der Waals surface area contributed by atoms with E-state index in [2.05, 4.69) is 33.0 Å². The number of pyridine rings is 1. The molecule has 2 aromatic rings.